The van der Waals surface area contributed by atoms with Crippen LogP contribution in [0, 0.1) is 0 Å². The first-order valence-corrected chi connectivity index (χ1v) is 10.3. The number of nitrogens with zero attached hydrogens (tertiary/aromatic N) is 1. The highest BCUT2D eigenvalue weighted by atomic mass is 32.1. The lowest BCUT2D eigenvalue weighted by molar-refractivity contribution is -0.137. The summed E-state index contributed by atoms with van der Waals surface area (Å²) in [6.45, 7) is 1.20. The van der Waals surface area contributed by atoms with Gasteiger partial charge in [-0.1, -0.05) is 24.3 Å². The van der Waals surface area contributed by atoms with E-state index in [9.17, 15) is 22.8 Å². The van der Waals surface area contributed by atoms with E-state index >= 15 is 0 Å². The summed E-state index contributed by atoms with van der Waals surface area (Å²) < 4.78 is 40.9. The maximum absolute atomic E-state index is 13.6. The van der Waals surface area contributed by atoms with Crippen LogP contribution in [0.15, 0.2) is 66.0 Å². The summed E-state index contributed by atoms with van der Waals surface area (Å²) in [6.07, 6.45) is -4.74. The Kier molecular flexibility index (Phi) is 5.67. The second kappa shape index (κ2) is 8.43. The highest BCUT2D eigenvalue weighted by molar-refractivity contribution is 7.13. The summed E-state index contributed by atoms with van der Waals surface area (Å²) in [5, 5.41) is 7.10. The number of pyridine rings is 1. The van der Waals surface area contributed by atoms with Crippen molar-refractivity contribution in [2.45, 2.75) is 13.1 Å². The predicted molar refractivity (Wildman–Crippen MR) is 119 cm³/mol. The van der Waals surface area contributed by atoms with Crippen molar-refractivity contribution < 1.29 is 22.8 Å². The normalized spacial score (nSPS) is 11.4. The standard InChI is InChI=1S/C23H16F3N3O2S/c1-13(30)27-14-8-9-19(17(11-14)23(24,25)26)29-22(31)16-12-20(21-7-4-10-32-21)28-18-6-3-2-5-15(16)18/h2-12H,1H3,(H,27,30)(H,29,31). The van der Waals surface area contributed by atoms with E-state index in [-0.39, 0.29) is 11.3 Å². The first-order valence-electron chi connectivity index (χ1n) is 9.46. The number of carbonyl (C=O) groups excluding carboxylic acids is 2. The number of alkyl halides is 3. The molecule has 4 rings (SSSR count). The molecule has 0 fully saturated rings. The van der Waals surface area contributed by atoms with E-state index in [2.05, 4.69) is 15.6 Å². The summed E-state index contributed by atoms with van der Waals surface area (Å²) in [7, 11) is 0. The Labute approximate surface area is 184 Å². The molecule has 0 saturated carbocycles. The Bertz CT molecular complexity index is 1320. The molecule has 4 aromatic rings. The van der Waals surface area contributed by atoms with Gasteiger partial charge in [-0.05, 0) is 41.8 Å². The number of para-hydroxylation sites is 1. The monoisotopic (exact) mass is 455 g/mol. The topological polar surface area (TPSA) is 71.1 Å². The summed E-state index contributed by atoms with van der Waals surface area (Å²) in [5.41, 5.74) is -0.166. The van der Waals surface area contributed by atoms with Gasteiger partial charge in [0, 0.05) is 18.0 Å². The molecule has 2 heterocycles. The largest absolute Gasteiger partial charge is 0.418 e. The number of benzene rings is 2. The molecule has 0 unspecified atom stereocenters. The molecule has 0 saturated heterocycles. The SMILES string of the molecule is CC(=O)Nc1ccc(NC(=O)c2cc(-c3cccs3)nc3ccccc23)c(C(F)(F)F)c1. The number of aromatic nitrogens is 1. The molecule has 0 radical (unpaired) electrons. The lowest BCUT2D eigenvalue weighted by Gasteiger charge is -2.16. The average molecular weight is 455 g/mol. The fourth-order valence-electron chi connectivity index (χ4n) is 3.27. The third-order valence-corrected chi connectivity index (χ3v) is 5.52. The van der Waals surface area contributed by atoms with Crippen molar-refractivity contribution >= 4 is 45.4 Å². The summed E-state index contributed by atoms with van der Waals surface area (Å²) in [6, 6.07) is 15.4. The van der Waals surface area contributed by atoms with Gasteiger partial charge in [-0.3, -0.25) is 9.59 Å². The third-order valence-electron chi connectivity index (χ3n) is 4.63. The number of halogens is 3. The first kappa shape index (κ1) is 21.5. The molecular weight excluding hydrogens is 439 g/mol. The number of rotatable bonds is 4. The molecule has 0 aliphatic rings. The van der Waals surface area contributed by atoms with Crippen LogP contribution in [0.1, 0.15) is 22.8 Å². The zero-order chi connectivity index (χ0) is 22.9. The molecule has 0 aliphatic heterocycles. The van der Waals surface area contributed by atoms with Gasteiger partial charge in [0.25, 0.3) is 5.91 Å². The summed E-state index contributed by atoms with van der Waals surface area (Å²) in [4.78, 5) is 29.7. The third kappa shape index (κ3) is 4.47. The van der Waals surface area contributed by atoms with Crippen molar-refractivity contribution in [1.82, 2.24) is 4.98 Å². The van der Waals surface area contributed by atoms with Gasteiger partial charge < -0.3 is 10.6 Å². The Balaban J connectivity index is 1.77. The number of amides is 2. The van der Waals surface area contributed by atoms with Crippen molar-refractivity contribution in [3.63, 3.8) is 0 Å². The molecule has 0 spiro atoms. The van der Waals surface area contributed by atoms with Gasteiger partial charge in [-0.2, -0.15) is 13.2 Å². The van der Waals surface area contributed by atoms with Crippen LogP contribution in [0.4, 0.5) is 24.5 Å². The number of hydrogen-bond donors (Lipinski definition) is 2. The number of nitrogens with one attached hydrogen (secondary N) is 2. The lowest BCUT2D eigenvalue weighted by atomic mass is 10.1. The van der Waals surface area contributed by atoms with Crippen LogP contribution in [0.3, 0.4) is 0 Å². The van der Waals surface area contributed by atoms with Crippen molar-refractivity contribution in [1.29, 1.82) is 0 Å². The van der Waals surface area contributed by atoms with Gasteiger partial charge in [0.1, 0.15) is 0 Å². The number of fused-ring (bicyclic) bond motifs is 1. The minimum atomic E-state index is -4.74. The van der Waals surface area contributed by atoms with Crippen molar-refractivity contribution in [2.75, 3.05) is 10.6 Å². The molecule has 2 aromatic carbocycles. The average Bonchev–Trinajstić information content (AvgIpc) is 3.28. The molecule has 0 aliphatic carbocycles. The molecule has 0 atom stereocenters. The number of hydrogen-bond acceptors (Lipinski definition) is 4. The molecular formula is C23H16F3N3O2S. The minimum Gasteiger partial charge on any atom is -0.326 e. The fraction of sp³-hybridized carbons (Fsp3) is 0.0870. The molecule has 2 N–H and O–H groups in total. The highest BCUT2D eigenvalue weighted by Crippen LogP contribution is 2.37. The highest BCUT2D eigenvalue weighted by Gasteiger charge is 2.34. The number of carbonyl (C=O) groups is 2. The van der Waals surface area contributed by atoms with Gasteiger partial charge in [0.15, 0.2) is 0 Å². The van der Waals surface area contributed by atoms with Crippen LogP contribution in [-0.2, 0) is 11.0 Å². The number of anilines is 2. The van der Waals surface area contributed by atoms with Crippen LogP contribution in [0.2, 0.25) is 0 Å². The van der Waals surface area contributed by atoms with Gasteiger partial charge in [-0.25, -0.2) is 4.98 Å². The van der Waals surface area contributed by atoms with Crippen LogP contribution in [0.5, 0.6) is 0 Å². The summed E-state index contributed by atoms with van der Waals surface area (Å²) >= 11 is 1.44. The first-order chi connectivity index (χ1) is 15.2. The van der Waals surface area contributed by atoms with Crippen LogP contribution in [0.25, 0.3) is 21.5 Å². The smallest absolute Gasteiger partial charge is 0.326 e. The minimum absolute atomic E-state index is 0.0165. The van der Waals surface area contributed by atoms with Gasteiger partial charge in [0.2, 0.25) is 5.91 Å². The molecule has 0 bridgehead atoms. The van der Waals surface area contributed by atoms with Crippen LogP contribution < -0.4 is 10.6 Å². The second-order valence-corrected chi connectivity index (χ2v) is 7.89. The quantitative estimate of drug-likeness (QED) is 0.385. The van der Waals surface area contributed by atoms with Crippen molar-refractivity contribution in [3.05, 3.63) is 77.2 Å². The van der Waals surface area contributed by atoms with Gasteiger partial charge >= 0.3 is 6.18 Å². The van der Waals surface area contributed by atoms with E-state index in [0.29, 0.717) is 16.6 Å². The van der Waals surface area contributed by atoms with Crippen molar-refractivity contribution in [3.8, 4) is 10.6 Å². The molecule has 9 heteroatoms. The number of thiophene rings is 1. The fourth-order valence-corrected chi connectivity index (χ4v) is 3.96. The maximum atomic E-state index is 13.6. The molecule has 5 nitrogen and oxygen atoms in total. The maximum Gasteiger partial charge on any atom is 0.418 e. The van der Waals surface area contributed by atoms with E-state index in [1.54, 1.807) is 30.3 Å². The molecule has 2 aromatic heterocycles. The zero-order valence-corrected chi connectivity index (χ0v) is 17.5. The van der Waals surface area contributed by atoms with E-state index in [1.807, 2.05) is 17.5 Å². The summed E-state index contributed by atoms with van der Waals surface area (Å²) in [5.74, 6) is -1.20. The van der Waals surface area contributed by atoms with Gasteiger partial charge in [0.05, 0.1) is 32.9 Å². The van der Waals surface area contributed by atoms with E-state index in [0.717, 1.165) is 17.0 Å². The van der Waals surface area contributed by atoms with Crippen LogP contribution in [-0.4, -0.2) is 16.8 Å². The Morgan fingerprint density at radius 2 is 1.75 bits per heavy atom. The molecule has 162 valence electrons. The molecule has 2 amide bonds. The Morgan fingerprint density at radius 3 is 2.44 bits per heavy atom. The van der Waals surface area contributed by atoms with Gasteiger partial charge in [-0.15, -0.1) is 11.3 Å². The van der Waals surface area contributed by atoms with E-state index in [1.165, 1.54) is 24.3 Å². The van der Waals surface area contributed by atoms with Crippen LogP contribution >= 0.6 is 11.3 Å². The zero-order valence-electron chi connectivity index (χ0n) is 16.7. The lowest BCUT2D eigenvalue weighted by Crippen LogP contribution is -2.18. The van der Waals surface area contributed by atoms with E-state index < -0.39 is 29.2 Å². The van der Waals surface area contributed by atoms with Crippen molar-refractivity contribution in [2.24, 2.45) is 0 Å². The predicted octanol–water partition coefficient (Wildman–Crippen LogP) is 6.19. The Morgan fingerprint density at radius 1 is 0.969 bits per heavy atom. The molecule has 32 heavy (non-hydrogen) atoms. The second-order valence-electron chi connectivity index (χ2n) is 6.94. The van der Waals surface area contributed by atoms with E-state index in [4.69, 9.17) is 0 Å². The Hall–Kier alpha value is -3.72.